The minimum atomic E-state index is -0.367. The number of aliphatic hydroxyl groups excluding tert-OH is 1. The topological polar surface area (TPSA) is 58.0 Å². The second-order valence-corrected chi connectivity index (χ2v) is 5.37. The number of hydrogen-bond donors (Lipinski definition) is 2. The average molecular weight is 236 g/mol. The molecule has 4 heteroatoms. The molecule has 1 fully saturated rings. The van der Waals surface area contributed by atoms with Crippen LogP contribution in [0, 0.1) is 0 Å². The molecular formula is C13H20N2O2. The molecule has 3 rings (SSSR count). The van der Waals surface area contributed by atoms with E-state index in [4.69, 9.17) is 0 Å². The molecule has 1 aromatic rings. The Kier molecular flexibility index (Phi) is 2.82. The minimum absolute atomic E-state index is 0.0319. The van der Waals surface area contributed by atoms with Gasteiger partial charge in [-0.25, -0.2) is 4.68 Å². The molecular weight excluding hydrogens is 216 g/mol. The highest BCUT2D eigenvalue weighted by Crippen LogP contribution is 2.27. The lowest BCUT2D eigenvalue weighted by Crippen LogP contribution is -2.31. The Morgan fingerprint density at radius 1 is 1.12 bits per heavy atom. The highest BCUT2D eigenvalue weighted by molar-refractivity contribution is 5.22. The van der Waals surface area contributed by atoms with Gasteiger partial charge in [0.15, 0.2) is 0 Å². The Balaban J connectivity index is 1.95. The fourth-order valence-corrected chi connectivity index (χ4v) is 3.25. The molecule has 0 aromatic carbocycles. The molecule has 2 unspecified atom stereocenters. The molecule has 1 heterocycles. The molecule has 2 atom stereocenters. The molecule has 0 aliphatic heterocycles. The van der Waals surface area contributed by atoms with Crippen LogP contribution in [0.3, 0.4) is 0 Å². The number of aryl methyl sites for hydroxylation is 1. The van der Waals surface area contributed by atoms with Crippen molar-refractivity contribution in [2.45, 2.75) is 63.5 Å². The van der Waals surface area contributed by atoms with Crippen LogP contribution in [0.5, 0.6) is 0 Å². The number of fused-ring (bicyclic) bond motifs is 1. The molecule has 2 aliphatic rings. The van der Waals surface area contributed by atoms with Gasteiger partial charge >= 0.3 is 0 Å². The van der Waals surface area contributed by atoms with E-state index in [1.807, 2.05) is 0 Å². The Hall–Kier alpha value is -1.03. The van der Waals surface area contributed by atoms with Crippen LogP contribution in [0.25, 0.3) is 0 Å². The van der Waals surface area contributed by atoms with Crippen molar-refractivity contribution in [3.63, 3.8) is 0 Å². The van der Waals surface area contributed by atoms with Crippen molar-refractivity contribution in [2.75, 3.05) is 0 Å². The number of H-pyrrole nitrogens is 1. The summed E-state index contributed by atoms with van der Waals surface area (Å²) < 4.78 is 1.71. The summed E-state index contributed by atoms with van der Waals surface area (Å²) in [6.45, 7) is 0. The molecule has 0 radical (unpaired) electrons. The van der Waals surface area contributed by atoms with Crippen LogP contribution in [0.15, 0.2) is 4.79 Å². The van der Waals surface area contributed by atoms with Gasteiger partial charge in [0.2, 0.25) is 0 Å². The van der Waals surface area contributed by atoms with Crippen LogP contribution >= 0.6 is 0 Å². The van der Waals surface area contributed by atoms with Crippen LogP contribution in [0.2, 0.25) is 0 Å². The Morgan fingerprint density at radius 3 is 2.76 bits per heavy atom. The summed E-state index contributed by atoms with van der Waals surface area (Å²) in [6, 6.07) is -0.0319. The number of aromatic nitrogens is 2. The molecule has 1 aromatic heterocycles. The van der Waals surface area contributed by atoms with E-state index in [-0.39, 0.29) is 17.7 Å². The molecule has 2 N–H and O–H groups in total. The van der Waals surface area contributed by atoms with Crippen LogP contribution in [0.4, 0.5) is 0 Å². The quantitative estimate of drug-likeness (QED) is 0.726. The van der Waals surface area contributed by atoms with Gasteiger partial charge in [0.05, 0.1) is 12.1 Å². The van der Waals surface area contributed by atoms with Crippen molar-refractivity contribution in [2.24, 2.45) is 0 Å². The monoisotopic (exact) mass is 236 g/mol. The van der Waals surface area contributed by atoms with Gasteiger partial charge in [0.1, 0.15) is 0 Å². The minimum Gasteiger partial charge on any atom is -0.391 e. The number of aromatic amines is 1. The number of nitrogens with zero attached hydrogens (tertiary/aromatic N) is 1. The maximum absolute atomic E-state index is 12.2. The highest BCUT2D eigenvalue weighted by Gasteiger charge is 2.28. The van der Waals surface area contributed by atoms with Gasteiger partial charge in [-0.1, -0.05) is 19.3 Å². The van der Waals surface area contributed by atoms with E-state index in [2.05, 4.69) is 5.10 Å². The van der Waals surface area contributed by atoms with E-state index in [9.17, 15) is 9.90 Å². The lowest BCUT2D eigenvalue weighted by molar-refractivity contribution is 0.0970. The van der Waals surface area contributed by atoms with Gasteiger partial charge in [0.25, 0.3) is 5.56 Å². The fourth-order valence-electron chi connectivity index (χ4n) is 3.25. The van der Waals surface area contributed by atoms with Gasteiger partial charge in [-0.15, -0.1) is 0 Å². The molecule has 1 saturated carbocycles. The predicted octanol–water partition coefficient (Wildman–Crippen LogP) is 1.53. The molecule has 0 bridgehead atoms. The van der Waals surface area contributed by atoms with Crippen molar-refractivity contribution in [3.8, 4) is 0 Å². The largest absolute Gasteiger partial charge is 0.391 e. The van der Waals surface area contributed by atoms with E-state index in [1.54, 1.807) is 4.68 Å². The summed E-state index contributed by atoms with van der Waals surface area (Å²) >= 11 is 0. The number of nitrogens with one attached hydrogen (secondary N) is 1. The van der Waals surface area contributed by atoms with E-state index in [0.29, 0.717) is 0 Å². The normalized spacial score (nSPS) is 29.0. The summed E-state index contributed by atoms with van der Waals surface area (Å²) in [5.41, 5.74) is 2.18. The molecule has 17 heavy (non-hydrogen) atoms. The fraction of sp³-hybridized carbons (Fsp3) is 0.769. The van der Waals surface area contributed by atoms with E-state index >= 15 is 0 Å². The lowest BCUT2D eigenvalue weighted by atomic mass is 10.1. The molecule has 0 spiro atoms. The van der Waals surface area contributed by atoms with Crippen LogP contribution in [-0.2, 0) is 12.8 Å². The van der Waals surface area contributed by atoms with Crippen molar-refractivity contribution in [3.05, 3.63) is 21.6 Å². The Labute approximate surface area is 101 Å². The second kappa shape index (κ2) is 4.33. The Bertz CT molecular complexity index is 460. The maximum atomic E-state index is 12.2. The Morgan fingerprint density at radius 2 is 1.94 bits per heavy atom. The molecule has 2 aliphatic carbocycles. The molecule has 0 amide bonds. The number of rotatable bonds is 1. The summed E-state index contributed by atoms with van der Waals surface area (Å²) in [6.07, 6.45) is 7.70. The molecule has 4 nitrogen and oxygen atoms in total. The maximum Gasteiger partial charge on any atom is 0.270 e. The van der Waals surface area contributed by atoms with Crippen molar-refractivity contribution >= 4 is 0 Å². The number of hydrogen-bond acceptors (Lipinski definition) is 2. The third kappa shape index (κ3) is 1.84. The second-order valence-electron chi connectivity index (χ2n) is 5.37. The van der Waals surface area contributed by atoms with E-state index in [0.717, 1.165) is 56.2 Å². The third-order valence-corrected chi connectivity index (χ3v) is 4.23. The lowest BCUT2D eigenvalue weighted by Gasteiger charge is -2.21. The van der Waals surface area contributed by atoms with Gasteiger partial charge in [0, 0.05) is 11.3 Å². The summed E-state index contributed by atoms with van der Waals surface area (Å²) in [7, 11) is 0. The first-order chi connectivity index (χ1) is 8.27. The average Bonchev–Trinajstić information content (AvgIpc) is 2.81. The first-order valence-electron chi connectivity index (χ1n) is 6.77. The van der Waals surface area contributed by atoms with E-state index in [1.165, 1.54) is 6.42 Å². The zero-order chi connectivity index (χ0) is 11.8. The standard InChI is InChI=1S/C13H20N2O2/c16-12-8-3-1-2-7-11(12)15-13(17)9-5-4-6-10(9)14-15/h11-12,14,16H,1-8H2. The van der Waals surface area contributed by atoms with Crippen LogP contribution in [0.1, 0.15) is 55.8 Å². The first-order valence-corrected chi connectivity index (χ1v) is 6.77. The van der Waals surface area contributed by atoms with Gasteiger partial charge in [-0.3, -0.25) is 9.89 Å². The van der Waals surface area contributed by atoms with Crippen LogP contribution < -0.4 is 5.56 Å². The van der Waals surface area contributed by atoms with Crippen molar-refractivity contribution in [1.82, 2.24) is 9.78 Å². The van der Waals surface area contributed by atoms with Gasteiger partial charge < -0.3 is 5.11 Å². The van der Waals surface area contributed by atoms with E-state index < -0.39 is 0 Å². The molecule has 0 saturated heterocycles. The first kappa shape index (κ1) is 11.1. The predicted molar refractivity (Wildman–Crippen MR) is 65.2 cm³/mol. The smallest absolute Gasteiger partial charge is 0.270 e. The summed E-state index contributed by atoms with van der Waals surface area (Å²) in [5.74, 6) is 0. The summed E-state index contributed by atoms with van der Waals surface area (Å²) in [5, 5.41) is 13.4. The third-order valence-electron chi connectivity index (χ3n) is 4.23. The van der Waals surface area contributed by atoms with Gasteiger partial charge in [-0.2, -0.15) is 0 Å². The zero-order valence-corrected chi connectivity index (χ0v) is 10.1. The van der Waals surface area contributed by atoms with Crippen molar-refractivity contribution < 1.29 is 5.11 Å². The van der Waals surface area contributed by atoms with Crippen molar-refractivity contribution in [1.29, 1.82) is 0 Å². The van der Waals surface area contributed by atoms with Gasteiger partial charge in [-0.05, 0) is 32.1 Å². The SMILES string of the molecule is O=c1c2c([nH]n1C1CCCCCC1O)CCC2. The molecule has 94 valence electrons. The summed E-state index contributed by atoms with van der Waals surface area (Å²) in [4.78, 5) is 12.2. The number of aliphatic hydroxyl groups is 1. The zero-order valence-electron chi connectivity index (χ0n) is 10.1. The highest BCUT2D eigenvalue weighted by atomic mass is 16.3. The van der Waals surface area contributed by atoms with Crippen LogP contribution in [-0.4, -0.2) is 21.0 Å².